The molecule has 0 N–H and O–H groups in total. The Morgan fingerprint density at radius 2 is 1.42 bits per heavy atom. The van der Waals surface area contributed by atoms with Crippen LogP contribution in [-0.2, 0) is 0 Å². The van der Waals surface area contributed by atoms with Crippen LogP contribution in [0.5, 0.6) is 0 Å². The van der Waals surface area contributed by atoms with Crippen LogP contribution >= 0.6 is 15.9 Å². The van der Waals surface area contributed by atoms with Crippen molar-refractivity contribution in [2.45, 2.75) is 70.6 Å². The number of benzene rings is 1. The molecule has 1 rings (SSSR count). The topological polar surface area (TPSA) is 0 Å². The molecule has 1 aromatic carbocycles. The minimum atomic E-state index is 0.696. The molecule has 1 aromatic rings. The largest absolute Gasteiger partial charge is 0.0921 e. The van der Waals surface area contributed by atoms with Crippen molar-refractivity contribution in [1.29, 1.82) is 0 Å². The van der Waals surface area contributed by atoms with E-state index >= 15 is 0 Å². The highest BCUT2D eigenvalue weighted by Crippen LogP contribution is 2.24. The van der Waals surface area contributed by atoms with E-state index in [2.05, 4.69) is 53.2 Å². The molecule has 108 valence electrons. The molecule has 0 aromatic heterocycles. The van der Waals surface area contributed by atoms with Crippen molar-refractivity contribution in [2.75, 3.05) is 5.33 Å². The van der Waals surface area contributed by atoms with Gasteiger partial charge in [0.1, 0.15) is 0 Å². The average molecular weight is 325 g/mol. The fourth-order valence-corrected chi connectivity index (χ4v) is 3.28. The van der Waals surface area contributed by atoms with E-state index in [1.807, 2.05) is 0 Å². The molecule has 0 spiro atoms. The first kappa shape index (κ1) is 16.8. The maximum atomic E-state index is 3.66. The number of hydrogen-bond acceptors (Lipinski definition) is 0. The standard InChI is InChI=1S/C18H29Br/c1-2-3-4-5-6-7-8-10-15-18(16-19)17-13-11-9-12-14-17/h9,11-14,18H,2-8,10,15-16H2,1H3. The molecule has 1 atom stereocenters. The van der Waals surface area contributed by atoms with Crippen molar-refractivity contribution < 1.29 is 0 Å². The number of unbranched alkanes of at least 4 members (excludes halogenated alkanes) is 7. The zero-order valence-electron chi connectivity index (χ0n) is 12.4. The van der Waals surface area contributed by atoms with Gasteiger partial charge in [-0.2, -0.15) is 0 Å². The van der Waals surface area contributed by atoms with Crippen LogP contribution in [0.2, 0.25) is 0 Å². The SMILES string of the molecule is CCCCCCCCCCC(CBr)c1ccccc1. The summed E-state index contributed by atoms with van der Waals surface area (Å²) in [6.45, 7) is 2.28. The van der Waals surface area contributed by atoms with E-state index in [-0.39, 0.29) is 0 Å². The molecule has 0 aliphatic rings. The summed E-state index contributed by atoms with van der Waals surface area (Å²) >= 11 is 3.66. The minimum Gasteiger partial charge on any atom is -0.0921 e. The average Bonchev–Trinajstić information content (AvgIpc) is 2.47. The van der Waals surface area contributed by atoms with Gasteiger partial charge in [0.2, 0.25) is 0 Å². The van der Waals surface area contributed by atoms with Gasteiger partial charge in [0, 0.05) is 5.33 Å². The Morgan fingerprint density at radius 3 is 2.00 bits per heavy atom. The summed E-state index contributed by atoms with van der Waals surface area (Å²) < 4.78 is 0. The smallest absolute Gasteiger partial charge is 0.0100 e. The molecular weight excluding hydrogens is 296 g/mol. The van der Waals surface area contributed by atoms with Gasteiger partial charge in [-0.15, -0.1) is 0 Å². The van der Waals surface area contributed by atoms with Gasteiger partial charge in [0.05, 0.1) is 0 Å². The Labute approximate surface area is 128 Å². The van der Waals surface area contributed by atoms with Crippen LogP contribution in [0.3, 0.4) is 0 Å². The second kappa shape index (κ2) is 11.5. The van der Waals surface area contributed by atoms with Crippen molar-refractivity contribution in [3.63, 3.8) is 0 Å². The molecule has 0 heterocycles. The summed E-state index contributed by atoms with van der Waals surface area (Å²) in [4.78, 5) is 0. The van der Waals surface area contributed by atoms with E-state index in [1.165, 1.54) is 63.4 Å². The lowest BCUT2D eigenvalue weighted by Gasteiger charge is -2.14. The normalized spacial score (nSPS) is 12.5. The highest BCUT2D eigenvalue weighted by Gasteiger charge is 2.08. The Balaban J connectivity index is 2.07. The summed E-state index contributed by atoms with van der Waals surface area (Å²) in [5.74, 6) is 0.696. The van der Waals surface area contributed by atoms with Gasteiger partial charge in [-0.1, -0.05) is 105 Å². The van der Waals surface area contributed by atoms with Gasteiger partial charge >= 0.3 is 0 Å². The first-order valence-electron chi connectivity index (χ1n) is 7.99. The second-order valence-corrected chi connectivity index (χ2v) is 6.17. The molecule has 0 radical (unpaired) electrons. The van der Waals surface area contributed by atoms with E-state index in [9.17, 15) is 0 Å². The van der Waals surface area contributed by atoms with Crippen LogP contribution in [0.1, 0.15) is 76.2 Å². The van der Waals surface area contributed by atoms with Crippen LogP contribution in [-0.4, -0.2) is 5.33 Å². The number of rotatable bonds is 11. The molecule has 0 amide bonds. The molecule has 0 saturated heterocycles. The Bertz CT molecular complexity index is 294. The fourth-order valence-electron chi connectivity index (χ4n) is 2.58. The zero-order chi connectivity index (χ0) is 13.8. The Kier molecular flexibility index (Phi) is 10.2. The van der Waals surface area contributed by atoms with Crippen molar-refractivity contribution in [1.82, 2.24) is 0 Å². The van der Waals surface area contributed by atoms with Crippen LogP contribution in [0.15, 0.2) is 30.3 Å². The molecule has 0 saturated carbocycles. The quantitative estimate of drug-likeness (QED) is 0.314. The first-order chi connectivity index (χ1) is 9.38. The van der Waals surface area contributed by atoms with Crippen molar-refractivity contribution in [3.8, 4) is 0 Å². The molecule has 19 heavy (non-hydrogen) atoms. The van der Waals surface area contributed by atoms with Gasteiger partial charge in [-0.3, -0.25) is 0 Å². The molecule has 1 heteroatoms. The zero-order valence-corrected chi connectivity index (χ0v) is 14.0. The highest BCUT2D eigenvalue weighted by atomic mass is 79.9. The van der Waals surface area contributed by atoms with Gasteiger partial charge < -0.3 is 0 Å². The van der Waals surface area contributed by atoms with Crippen molar-refractivity contribution in [3.05, 3.63) is 35.9 Å². The van der Waals surface area contributed by atoms with Gasteiger partial charge in [-0.25, -0.2) is 0 Å². The highest BCUT2D eigenvalue weighted by molar-refractivity contribution is 9.09. The third-order valence-electron chi connectivity index (χ3n) is 3.86. The third kappa shape index (κ3) is 7.77. The molecule has 0 nitrogen and oxygen atoms in total. The van der Waals surface area contributed by atoms with E-state index in [0.29, 0.717) is 5.92 Å². The summed E-state index contributed by atoms with van der Waals surface area (Å²) in [6.07, 6.45) is 12.6. The lowest BCUT2D eigenvalue weighted by molar-refractivity contribution is 0.546. The molecule has 1 unspecified atom stereocenters. The van der Waals surface area contributed by atoms with E-state index in [4.69, 9.17) is 0 Å². The van der Waals surface area contributed by atoms with Gasteiger partial charge in [0.25, 0.3) is 0 Å². The first-order valence-corrected chi connectivity index (χ1v) is 9.11. The van der Waals surface area contributed by atoms with E-state index < -0.39 is 0 Å². The molecule has 0 aliphatic heterocycles. The monoisotopic (exact) mass is 324 g/mol. The Morgan fingerprint density at radius 1 is 0.842 bits per heavy atom. The Hall–Kier alpha value is -0.300. The lowest BCUT2D eigenvalue weighted by atomic mass is 9.94. The summed E-state index contributed by atoms with van der Waals surface area (Å²) in [6, 6.07) is 10.9. The predicted molar refractivity (Wildman–Crippen MR) is 90.2 cm³/mol. The van der Waals surface area contributed by atoms with Crippen molar-refractivity contribution in [2.24, 2.45) is 0 Å². The van der Waals surface area contributed by atoms with Crippen molar-refractivity contribution >= 4 is 15.9 Å². The maximum absolute atomic E-state index is 3.66. The summed E-state index contributed by atoms with van der Waals surface area (Å²) in [5, 5.41) is 1.09. The molecule has 0 fully saturated rings. The number of halogens is 1. The molecular formula is C18H29Br. The molecule has 0 aliphatic carbocycles. The van der Waals surface area contributed by atoms with E-state index in [0.717, 1.165) is 5.33 Å². The van der Waals surface area contributed by atoms with Crippen LogP contribution in [0, 0.1) is 0 Å². The van der Waals surface area contributed by atoms with E-state index in [1.54, 1.807) is 0 Å². The van der Waals surface area contributed by atoms with Crippen LogP contribution in [0.4, 0.5) is 0 Å². The number of alkyl halides is 1. The number of hydrogen-bond donors (Lipinski definition) is 0. The van der Waals surface area contributed by atoms with Crippen LogP contribution in [0.25, 0.3) is 0 Å². The summed E-state index contributed by atoms with van der Waals surface area (Å²) in [7, 11) is 0. The fraction of sp³-hybridized carbons (Fsp3) is 0.667. The molecule has 0 bridgehead atoms. The predicted octanol–water partition coefficient (Wildman–Crippen LogP) is 6.70. The lowest BCUT2D eigenvalue weighted by Crippen LogP contribution is -2.00. The van der Waals surface area contributed by atoms with Gasteiger partial charge in [-0.05, 0) is 17.9 Å². The minimum absolute atomic E-state index is 0.696. The second-order valence-electron chi connectivity index (χ2n) is 5.53. The summed E-state index contributed by atoms with van der Waals surface area (Å²) in [5.41, 5.74) is 1.49. The maximum Gasteiger partial charge on any atom is 0.0100 e. The third-order valence-corrected chi connectivity index (χ3v) is 4.64. The van der Waals surface area contributed by atoms with Crippen LogP contribution < -0.4 is 0 Å². The van der Waals surface area contributed by atoms with Gasteiger partial charge in [0.15, 0.2) is 0 Å².